The van der Waals surface area contributed by atoms with Crippen LogP contribution in [-0.4, -0.2) is 13.2 Å². The molecule has 154 valence electrons. The Hall–Kier alpha value is -3.00. The molecule has 0 bridgehead atoms. The topological polar surface area (TPSA) is 18.5 Å². The number of ether oxygens (including phenoxy) is 2. The molecule has 2 nitrogen and oxygen atoms in total. The summed E-state index contributed by atoms with van der Waals surface area (Å²) in [6.07, 6.45) is 11.8. The number of fused-ring (bicyclic) bond motifs is 3. The van der Waals surface area contributed by atoms with Crippen LogP contribution in [0.2, 0.25) is 0 Å². The smallest absolute Gasteiger partial charge is 0.126 e. The lowest BCUT2D eigenvalue weighted by Crippen LogP contribution is -2.07. The molecule has 0 radical (unpaired) electrons. The fourth-order valence-corrected chi connectivity index (χ4v) is 4.03. The molecule has 0 fully saturated rings. The number of hydrogen-bond donors (Lipinski definition) is 0. The minimum Gasteiger partial charge on any atom is -0.493 e. The van der Waals surface area contributed by atoms with Crippen LogP contribution in [0.5, 0.6) is 11.5 Å². The molecule has 0 unspecified atom stereocenters. The Labute approximate surface area is 180 Å². The lowest BCUT2D eigenvalue weighted by molar-refractivity contribution is 0.288. The van der Waals surface area contributed by atoms with Crippen LogP contribution in [0.15, 0.2) is 78.9 Å². The van der Waals surface area contributed by atoms with Crippen LogP contribution in [0.3, 0.4) is 0 Å². The molecule has 0 aromatic heterocycles. The van der Waals surface area contributed by atoms with Crippen molar-refractivity contribution in [2.75, 3.05) is 13.2 Å². The molecule has 3 aromatic rings. The van der Waals surface area contributed by atoms with E-state index in [0.29, 0.717) is 6.61 Å². The number of rotatable bonds is 0. The number of aryl methyl sites for hydroxylation is 3. The summed E-state index contributed by atoms with van der Waals surface area (Å²) in [5.41, 5.74) is 5.69. The Balaban J connectivity index is 0.000000109. The lowest BCUT2D eigenvalue weighted by Gasteiger charge is -2.15. The van der Waals surface area contributed by atoms with E-state index in [-0.39, 0.29) is 0 Å². The van der Waals surface area contributed by atoms with Crippen LogP contribution < -0.4 is 9.47 Å². The van der Waals surface area contributed by atoms with Gasteiger partial charge >= 0.3 is 0 Å². The van der Waals surface area contributed by atoms with E-state index in [1.807, 2.05) is 42.5 Å². The average Bonchev–Trinajstić information content (AvgIpc) is 2.85. The van der Waals surface area contributed by atoms with E-state index in [0.717, 1.165) is 24.5 Å². The van der Waals surface area contributed by atoms with E-state index >= 15 is 0 Å². The predicted octanol–water partition coefficient (Wildman–Crippen LogP) is 6.67. The highest BCUT2D eigenvalue weighted by molar-refractivity contribution is 5.58. The molecule has 2 heteroatoms. The van der Waals surface area contributed by atoms with E-state index in [1.54, 1.807) is 11.1 Å². The second-order valence-electron chi connectivity index (χ2n) is 7.79. The quantitative estimate of drug-likeness (QED) is 0.421. The van der Waals surface area contributed by atoms with Crippen molar-refractivity contribution in [3.63, 3.8) is 0 Å². The molecule has 2 aliphatic heterocycles. The molecule has 2 heterocycles. The van der Waals surface area contributed by atoms with Crippen molar-refractivity contribution in [1.82, 2.24) is 0 Å². The molecule has 0 saturated heterocycles. The summed E-state index contributed by atoms with van der Waals surface area (Å²) in [5.74, 6) is 2.07. The summed E-state index contributed by atoms with van der Waals surface area (Å²) >= 11 is 0. The molecule has 0 atom stereocenters. The molecule has 0 saturated carbocycles. The van der Waals surface area contributed by atoms with Crippen molar-refractivity contribution in [1.29, 1.82) is 0 Å². The molecular formula is C28H30O2. The van der Waals surface area contributed by atoms with E-state index in [4.69, 9.17) is 9.47 Å². The third-order valence-electron chi connectivity index (χ3n) is 5.63. The van der Waals surface area contributed by atoms with Gasteiger partial charge in [-0.25, -0.2) is 0 Å². The van der Waals surface area contributed by atoms with Gasteiger partial charge in [0.25, 0.3) is 0 Å². The van der Waals surface area contributed by atoms with Crippen LogP contribution in [0.4, 0.5) is 0 Å². The highest BCUT2D eigenvalue weighted by Gasteiger charge is 2.07. The SMILES string of the molecule is C1=Cc2ccccc2OC1.c1ccc2c(c1)CCCC2.c1ccc2c(c1)CCCO2. The zero-order chi connectivity index (χ0) is 20.4. The monoisotopic (exact) mass is 398 g/mol. The van der Waals surface area contributed by atoms with Gasteiger partial charge < -0.3 is 9.47 Å². The summed E-state index contributed by atoms with van der Waals surface area (Å²) < 4.78 is 10.8. The highest BCUT2D eigenvalue weighted by Crippen LogP contribution is 2.23. The van der Waals surface area contributed by atoms with Gasteiger partial charge in [0.2, 0.25) is 0 Å². The summed E-state index contributed by atoms with van der Waals surface area (Å²) in [6.45, 7) is 1.59. The van der Waals surface area contributed by atoms with Crippen molar-refractivity contribution in [3.05, 3.63) is 101 Å². The second-order valence-corrected chi connectivity index (χ2v) is 7.79. The molecule has 6 rings (SSSR count). The van der Waals surface area contributed by atoms with Crippen LogP contribution in [0, 0.1) is 0 Å². The summed E-state index contributed by atoms with van der Waals surface area (Å²) in [4.78, 5) is 0. The Morgan fingerprint density at radius 2 is 1.13 bits per heavy atom. The lowest BCUT2D eigenvalue weighted by atomic mass is 9.92. The zero-order valence-corrected chi connectivity index (χ0v) is 17.6. The third kappa shape index (κ3) is 5.54. The fraction of sp³-hybridized carbons (Fsp3) is 0.286. The molecule has 0 amide bonds. The van der Waals surface area contributed by atoms with Gasteiger partial charge in [0.05, 0.1) is 6.61 Å². The average molecular weight is 399 g/mol. The van der Waals surface area contributed by atoms with Crippen molar-refractivity contribution in [3.8, 4) is 11.5 Å². The van der Waals surface area contributed by atoms with E-state index in [1.165, 1.54) is 43.2 Å². The van der Waals surface area contributed by atoms with Crippen molar-refractivity contribution >= 4 is 6.08 Å². The Bertz CT molecular complexity index is 872. The molecule has 0 N–H and O–H groups in total. The van der Waals surface area contributed by atoms with E-state index in [2.05, 4.69) is 42.5 Å². The molecule has 1 aliphatic carbocycles. The van der Waals surface area contributed by atoms with Crippen molar-refractivity contribution in [2.45, 2.75) is 38.5 Å². The molecule has 3 aliphatic rings. The summed E-state index contributed by atoms with van der Waals surface area (Å²) in [7, 11) is 0. The zero-order valence-electron chi connectivity index (χ0n) is 17.6. The molecule has 0 spiro atoms. The maximum Gasteiger partial charge on any atom is 0.126 e. The van der Waals surface area contributed by atoms with Gasteiger partial charge in [0.15, 0.2) is 0 Å². The standard InChI is InChI=1S/C10H12.C9H10O.C9H8O/c1-2-6-10-8-4-3-7-9(10)5-1;2*1-2-6-9-8(4-1)5-3-7-10-9/h1-2,5-6H,3-4,7-8H2;1-2,4,6H,3,5,7H2;1-6H,7H2. The van der Waals surface area contributed by atoms with Gasteiger partial charge in [0.1, 0.15) is 18.1 Å². The van der Waals surface area contributed by atoms with Gasteiger partial charge in [-0.15, -0.1) is 0 Å². The van der Waals surface area contributed by atoms with Gasteiger partial charge in [-0.1, -0.05) is 66.7 Å². The van der Waals surface area contributed by atoms with Gasteiger partial charge in [-0.2, -0.15) is 0 Å². The minimum absolute atomic E-state index is 0.705. The first-order chi connectivity index (χ1) is 14.9. The molecule has 3 aromatic carbocycles. The van der Waals surface area contributed by atoms with Gasteiger partial charge in [-0.05, 0) is 73.4 Å². The van der Waals surface area contributed by atoms with Crippen molar-refractivity contribution in [2.24, 2.45) is 0 Å². The molecular weight excluding hydrogens is 368 g/mol. The fourth-order valence-electron chi connectivity index (χ4n) is 4.03. The normalized spacial score (nSPS) is 15.3. The van der Waals surface area contributed by atoms with E-state index < -0.39 is 0 Å². The van der Waals surface area contributed by atoms with Gasteiger partial charge in [-0.3, -0.25) is 0 Å². The van der Waals surface area contributed by atoms with Crippen LogP contribution in [0.1, 0.15) is 41.5 Å². The minimum atomic E-state index is 0.705. The van der Waals surface area contributed by atoms with Crippen molar-refractivity contribution < 1.29 is 9.47 Å². The number of para-hydroxylation sites is 2. The first-order valence-electron chi connectivity index (χ1n) is 11.1. The Kier molecular flexibility index (Phi) is 7.22. The third-order valence-corrected chi connectivity index (χ3v) is 5.63. The maximum atomic E-state index is 5.42. The van der Waals surface area contributed by atoms with Crippen LogP contribution >= 0.6 is 0 Å². The summed E-state index contributed by atoms with van der Waals surface area (Å²) in [6, 6.07) is 25.1. The highest BCUT2D eigenvalue weighted by atomic mass is 16.5. The Morgan fingerprint density at radius 3 is 1.83 bits per heavy atom. The predicted molar refractivity (Wildman–Crippen MR) is 124 cm³/mol. The maximum absolute atomic E-state index is 5.42. The molecule has 30 heavy (non-hydrogen) atoms. The number of benzene rings is 3. The van der Waals surface area contributed by atoms with Crippen LogP contribution in [-0.2, 0) is 19.3 Å². The second kappa shape index (κ2) is 10.7. The summed E-state index contributed by atoms with van der Waals surface area (Å²) in [5, 5.41) is 0. The van der Waals surface area contributed by atoms with E-state index in [9.17, 15) is 0 Å². The number of hydrogen-bond acceptors (Lipinski definition) is 2. The first-order valence-corrected chi connectivity index (χ1v) is 11.1. The van der Waals surface area contributed by atoms with Gasteiger partial charge in [0, 0.05) is 5.56 Å². The Morgan fingerprint density at radius 1 is 0.533 bits per heavy atom. The first kappa shape index (κ1) is 20.3. The largest absolute Gasteiger partial charge is 0.493 e. The van der Waals surface area contributed by atoms with Crippen LogP contribution in [0.25, 0.3) is 6.08 Å².